The van der Waals surface area contributed by atoms with E-state index in [9.17, 15) is 14.9 Å². The predicted molar refractivity (Wildman–Crippen MR) is 89.5 cm³/mol. The summed E-state index contributed by atoms with van der Waals surface area (Å²) in [6.45, 7) is 0.728. The van der Waals surface area contributed by atoms with Crippen LogP contribution in [-0.2, 0) is 11.3 Å². The maximum atomic E-state index is 12.0. The Kier molecular flexibility index (Phi) is 5.67. The molecule has 0 saturated carbocycles. The van der Waals surface area contributed by atoms with Crippen LogP contribution >= 0.6 is 11.6 Å². The molecule has 0 aromatic heterocycles. The first-order valence-corrected chi connectivity index (χ1v) is 7.29. The van der Waals surface area contributed by atoms with Crippen LogP contribution in [0.2, 0.25) is 5.02 Å². The number of benzene rings is 2. The standard InChI is InChI=1S/C16H16ClN3O3/c1-19(10-12-2-8-15(9-3-12)20(22)23)11-16(21)18-14-6-4-13(17)5-7-14/h2-9H,10-11H2,1H3,(H,18,21). The van der Waals surface area contributed by atoms with Gasteiger partial charge in [0.15, 0.2) is 0 Å². The molecule has 0 aliphatic rings. The number of nitrogens with one attached hydrogen (secondary N) is 1. The Bertz CT molecular complexity index is 687. The highest BCUT2D eigenvalue weighted by atomic mass is 35.5. The molecule has 0 fully saturated rings. The Morgan fingerprint density at radius 2 is 1.78 bits per heavy atom. The van der Waals surface area contributed by atoms with Crippen molar-refractivity contribution in [2.75, 3.05) is 18.9 Å². The first-order chi connectivity index (χ1) is 10.9. The van der Waals surface area contributed by atoms with E-state index >= 15 is 0 Å². The first-order valence-electron chi connectivity index (χ1n) is 6.91. The van der Waals surface area contributed by atoms with Crippen LogP contribution < -0.4 is 5.32 Å². The van der Waals surface area contributed by atoms with Crippen LogP contribution in [0.3, 0.4) is 0 Å². The highest BCUT2D eigenvalue weighted by molar-refractivity contribution is 6.30. The van der Waals surface area contributed by atoms with Gasteiger partial charge in [-0.2, -0.15) is 0 Å². The predicted octanol–water partition coefficient (Wildman–Crippen LogP) is 3.32. The highest BCUT2D eigenvalue weighted by Gasteiger charge is 2.09. The van der Waals surface area contributed by atoms with Crippen LogP contribution in [0.1, 0.15) is 5.56 Å². The summed E-state index contributed by atoms with van der Waals surface area (Å²) in [5.41, 5.74) is 1.64. The van der Waals surface area contributed by atoms with Crippen LogP contribution in [0, 0.1) is 10.1 Å². The number of rotatable bonds is 6. The van der Waals surface area contributed by atoms with Crippen molar-refractivity contribution < 1.29 is 9.72 Å². The summed E-state index contributed by atoms with van der Waals surface area (Å²) in [5.74, 6) is -0.142. The van der Waals surface area contributed by atoms with Gasteiger partial charge in [0.2, 0.25) is 5.91 Å². The molecule has 2 rings (SSSR count). The third-order valence-electron chi connectivity index (χ3n) is 3.14. The van der Waals surface area contributed by atoms with Crippen molar-refractivity contribution >= 4 is 28.9 Å². The van der Waals surface area contributed by atoms with Gasteiger partial charge in [0.25, 0.3) is 5.69 Å². The number of carbonyl (C=O) groups excluding carboxylic acids is 1. The molecule has 0 saturated heterocycles. The van der Waals surface area contributed by atoms with Gasteiger partial charge in [-0.3, -0.25) is 19.8 Å². The molecule has 1 N–H and O–H groups in total. The fourth-order valence-corrected chi connectivity index (χ4v) is 2.20. The van der Waals surface area contributed by atoms with E-state index in [0.29, 0.717) is 17.3 Å². The average Bonchev–Trinajstić information content (AvgIpc) is 2.50. The van der Waals surface area contributed by atoms with Gasteiger partial charge in [0.1, 0.15) is 0 Å². The lowest BCUT2D eigenvalue weighted by Crippen LogP contribution is -2.29. The van der Waals surface area contributed by atoms with E-state index in [2.05, 4.69) is 5.32 Å². The summed E-state index contributed by atoms with van der Waals surface area (Å²) in [6.07, 6.45) is 0. The van der Waals surface area contributed by atoms with Gasteiger partial charge in [0.05, 0.1) is 11.5 Å². The number of non-ortho nitro benzene ring substituents is 1. The first kappa shape index (κ1) is 16.9. The third kappa shape index (κ3) is 5.36. The normalized spacial score (nSPS) is 10.6. The van der Waals surface area contributed by atoms with Crippen LogP contribution in [0.4, 0.5) is 11.4 Å². The minimum Gasteiger partial charge on any atom is -0.325 e. The summed E-state index contributed by atoms with van der Waals surface area (Å²) in [6, 6.07) is 13.2. The number of hydrogen-bond acceptors (Lipinski definition) is 4. The number of anilines is 1. The topological polar surface area (TPSA) is 75.5 Å². The van der Waals surface area contributed by atoms with Crippen LogP contribution in [0.15, 0.2) is 48.5 Å². The lowest BCUT2D eigenvalue weighted by atomic mass is 10.2. The van der Waals surface area contributed by atoms with E-state index in [-0.39, 0.29) is 18.1 Å². The van der Waals surface area contributed by atoms with Gasteiger partial charge >= 0.3 is 0 Å². The van der Waals surface area contributed by atoms with Gasteiger partial charge in [-0.15, -0.1) is 0 Å². The van der Waals surface area contributed by atoms with E-state index in [4.69, 9.17) is 11.6 Å². The molecular weight excluding hydrogens is 318 g/mol. The van der Waals surface area contributed by atoms with Gasteiger partial charge < -0.3 is 5.32 Å². The number of amides is 1. The van der Waals surface area contributed by atoms with E-state index in [1.54, 1.807) is 36.4 Å². The monoisotopic (exact) mass is 333 g/mol. The molecule has 6 nitrogen and oxygen atoms in total. The summed E-state index contributed by atoms with van der Waals surface area (Å²) in [4.78, 5) is 24.0. The molecule has 1 amide bonds. The lowest BCUT2D eigenvalue weighted by Gasteiger charge is -2.16. The summed E-state index contributed by atoms with van der Waals surface area (Å²) in [5, 5.41) is 14.0. The van der Waals surface area contributed by atoms with Crippen molar-refractivity contribution in [2.45, 2.75) is 6.54 Å². The molecule has 0 bridgehead atoms. The van der Waals surface area contributed by atoms with E-state index in [1.165, 1.54) is 12.1 Å². The summed E-state index contributed by atoms with van der Waals surface area (Å²) in [7, 11) is 1.81. The number of carbonyl (C=O) groups is 1. The third-order valence-corrected chi connectivity index (χ3v) is 3.39. The van der Waals surface area contributed by atoms with Crippen molar-refractivity contribution in [1.29, 1.82) is 0 Å². The molecule has 2 aromatic carbocycles. The van der Waals surface area contributed by atoms with Crippen molar-refractivity contribution in [3.05, 3.63) is 69.2 Å². The summed E-state index contributed by atoms with van der Waals surface area (Å²) >= 11 is 5.79. The molecule has 0 aliphatic carbocycles. The maximum absolute atomic E-state index is 12.0. The quantitative estimate of drug-likeness (QED) is 0.650. The molecule has 7 heteroatoms. The molecule has 2 aromatic rings. The van der Waals surface area contributed by atoms with E-state index in [1.807, 2.05) is 11.9 Å². The Balaban J connectivity index is 1.86. The smallest absolute Gasteiger partial charge is 0.269 e. The van der Waals surface area contributed by atoms with Crippen molar-refractivity contribution in [3.63, 3.8) is 0 Å². The van der Waals surface area contributed by atoms with Gasteiger partial charge in [-0.25, -0.2) is 0 Å². The minimum absolute atomic E-state index is 0.0527. The van der Waals surface area contributed by atoms with E-state index < -0.39 is 4.92 Å². The second-order valence-corrected chi connectivity index (χ2v) is 5.59. The summed E-state index contributed by atoms with van der Waals surface area (Å²) < 4.78 is 0. The highest BCUT2D eigenvalue weighted by Crippen LogP contribution is 2.14. The van der Waals surface area contributed by atoms with Gasteiger partial charge in [0, 0.05) is 29.4 Å². The zero-order valence-corrected chi connectivity index (χ0v) is 13.3. The molecule has 0 heterocycles. The number of nitro groups is 1. The SMILES string of the molecule is CN(CC(=O)Nc1ccc(Cl)cc1)Cc1ccc([N+](=O)[O-])cc1. The van der Waals surface area contributed by atoms with E-state index in [0.717, 1.165) is 5.56 Å². The minimum atomic E-state index is -0.437. The van der Waals surface area contributed by atoms with Gasteiger partial charge in [-0.1, -0.05) is 23.7 Å². The number of hydrogen-bond donors (Lipinski definition) is 1. The largest absolute Gasteiger partial charge is 0.325 e. The fraction of sp³-hybridized carbons (Fsp3) is 0.188. The zero-order chi connectivity index (χ0) is 16.8. The average molecular weight is 334 g/mol. The Hall–Kier alpha value is -2.44. The van der Waals surface area contributed by atoms with Crippen LogP contribution in [0.5, 0.6) is 0 Å². The maximum Gasteiger partial charge on any atom is 0.269 e. The van der Waals surface area contributed by atoms with Crippen molar-refractivity contribution in [2.24, 2.45) is 0 Å². The Labute approximate surface area is 138 Å². The number of nitrogens with zero attached hydrogens (tertiary/aromatic N) is 2. The lowest BCUT2D eigenvalue weighted by molar-refractivity contribution is -0.384. The number of nitro benzene ring substituents is 1. The Morgan fingerprint density at radius 1 is 1.17 bits per heavy atom. The van der Waals surface area contributed by atoms with Crippen LogP contribution in [-0.4, -0.2) is 29.3 Å². The number of halogens is 1. The molecule has 0 radical (unpaired) electrons. The van der Waals surface area contributed by atoms with Crippen LogP contribution in [0.25, 0.3) is 0 Å². The molecule has 0 unspecified atom stereocenters. The Morgan fingerprint density at radius 3 is 2.35 bits per heavy atom. The molecule has 23 heavy (non-hydrogen) atoms. The second-order valence-electron chi connectivity index (χ2n) is 5.15. The molecular formula is C16H16ClN3O3. The molecule has 120 valence electrons. The van der Waals surface area contributed by atoms with Gasteiger partial charge in [-0.05, 0) is 36.9 Å². The number of likely N-dealkylation sites (N-methyl/N-ethyl adjacent to an activating group) is 1. The molecule has 0 spiro atoms. The van der Waals surface area contributed by atoms with Crippen molar-refractivity contribution in [1.82, 2.24) is 4.90 Å². The van der Waals surface area contributed by atoms with Crippen molar-refractivity contribution in [3.8, 4) is 0 Å². The second kappa shape index (κ2) is 7.71. The fourth-order valence-electron chi connectivity index (χ4n) is 2.07. The molecule has 0 aliphatic heterocycles. The zero-order valence-electron chi connectivity index (χ0n) is 12.5. The molecule has 0 atom stereocenters.